The maximum atomic E-state index is 8.65. The summed E-state index contributed by atoms with van der Waals surface area (Å²) in [4.78, 5) is 0. The van der Waals surface area contributed by atoms with Gasteiger partial charge in [0.25, 0.3) is 0 Å². The Hall–Kier alpha value is -1.09. The van der Waals surface area contributed by atoms with Crippen LogP contribution in [0, 0.1) is 6.92 Å². The predicted molar refractivity (Wildman–Crippen MR) is 76.0 cm³/mol. The first-order chi connectivity index (χ1) is 8.41. The van der Waals surface area contributed by atoms with Crippen LogP contribution in [0.1, 0.15) is 5.56 Å². The van der Waals surface area contributed by atoms with E-state index in [9.17, 15) is 0 Å². The highest BCUT2D eigenvalue weighted by molar-refractivity contribution is 6.48. The van der Waals surface area contributed by atoms with E-state index in [4.69, 9.17) is 45.0 Å². The average molecular weight is 306 g/mol. The number of aromatic hydroxyl groups is 2. The fourth-order valence-corrected chi connectivity index (χ4v) is 1.70. The molecule has 96 valence electrons. The molecule has 18 heavy (non-hydrogen) atoms. The van der Waals surface area contributed by atoms with Gasteiger partial charge < -0.3 is 10.2 Å². The van der Waals surface area contributed by atoms with Crippen molar-refractivity contribution < 1.29 is 10.2 Å². The van der Waals surface area contributed by atoms with Crippen LogP contribution in [0.3, 0.4) is 0 Å². The summed E-state index contributed by atoms with van der Waals surface area (Å²) < 4.78 is 0. The van der Waals surface area contributed by atoms with Crippen molar-refractivity contribution in [1.29, 1.82) is 0 Å². The first kappa shape index (κ1) is 15.0. The summed E-state index contributed by atoms with van der Waals surface area (Å²) in [5.41, 5.74) is 0.941. The minimum absolute atomic E-state index is 0.0880. The van der Waals surface area contributed by atoms with Gasteiger partial charge >= 0.3 is 0 Å². The number of aryl methyl sites for hydroxylation is 1. The number of phenolic OH excluding ortho intramolecular Hbond substituents is 2. The standard InChI is InChI=1S/C7H5Cl3.C6H6O2/c1-4-2-3-5(8)7(10)6(4)9;7-5-2-1-3-6(8)4-5/h2-3H,1H3;1-4,7-8H. The highest BCUT2D eigenvalue weighted by Gasteiger charge is 2.03. The van der Waals surface area contributed by atoms with Crippen molar-refractivity contribution in [2.24, 2.45) is 0 Å². The van der Waals surface area contributed by atoms with Crippen molar-refractivity contribution in [1.82, 2.24) is 0 Å². The molecule has 2 N–H and O–H groups in total. The van der Waals surface area contributed by atoms with Crippen LogP contribution in [-0.4, -0.2) is 10.2 Å². The van der Waals surface area contributed by atoms with Gasteiger partial charge in [0.2, 0.25) is 0 Å². The lowest BCUT2D eigenvalue weighted by molar-refractivity contribution is 0.450. The molecule has 2 aromatic carbocycles. The molecule has 0 heterocycles. The highest BCUT2D eigenvalue weighted by atomic mass is 35.5. The molecule has 0 fully saturated rings. The zero-order chi connectivity index (χ0) is 13.7. The van der Waals surface area contributed by atoms with Crippen molar-refractivity contribution >= 4 is 34.8 Å². The maximum absolute atomic E-state index is 8.65. The second-order valence-electron chi connectivity index (χ2n) is 3.51. The van der Waals surface area contributed by atoms with Crippen molar-refractivity contribution in [3.05, 3.63) is 57.0 Å². The van der Waals surface area contributed by atoms with Crippen LogP contribution in [0.5, 0.6) is 11.5 Å². The van der Waals surface area contributed by atoms with Gasteiger partial charge in [-0.15, -0.1) is 0 Å². The molecule has 0 unspecified atom stereocenters. The average Bonchev–Trinajstić information content (AvgIpc) is 2.32. The Balaban J connectivity index is 0.000000184. The van der Waals surface area contributed by atoms with E-state index in [-0.39, 0.29) is 11.5 Å². The lowest BCUT2D eigenvalue weighted by Crippen LogP contribution is -1.76. The van der Waals surface area contributed by atoms with E-state index in [1.807, 2.05) is 13.0 Å². The maximum Gasteiger partial charge on any atom is 0.119 e. The lowest BCUT2D eigenvalue weighted by Gasteiger charge is -2.00. The van der Waals surface area contributed by atoms with Crippen molar-refractivity contribution in [2.75, 3.05) is 0 Å². The van der Waals surface area contributed by atoms with Crippen molar-refractivity contribution in [2.45, 2.75) is 6.92 Å². The Kier molecular flexibility index (Phi) is 5.60. The van der Waals surface area contributed by atoms with Gasteiger partial charge in [-0.25, -0.2) is 0 Å². The molecule has 0 saturated carbocycles. The highest BCUT2D eigenvalue weighted by Crippen LogP contribution is 2.31. The SMILES string of the molecule is Cc1ccc(Cl)c(Cl)c1Cl.Oc1cccc(O)c1. The second kappa shape index (κ2) is 6.74. The van der Waals surface area contributed by atoms with Crippen LogP contribution < -0.4 is 0 Å². The molecule has 0 aliphatic heterocycles. The smallest absolute Gasteiger partial charge is 0.119 e. The molecule has 0 saturated heterocycles. The van der Waals surface area contributed by atoms with Gasteiger partial charge in [-0.3, -0.25) is 0 Å². The Morgan fingerprint density at radius 2 is 1.39 bits per heavy atom. The molecule has 2 rings (SSSR count). The van der Waals surface area contributed by atoms with Crippen LogP contribution in [0.4, 0.5) is 0 Å². The molecular formula is C13H11Cl3O2. The van der Waals surface area contributed by atoms with Gasteiger partial charge in [0.05, 0.1) is 15.1 Å². The third-order valence-corrected chi connectivity index (χ3v) is 3.45. The molecule has 2 nitrogen and oxygen atoms in total. The summed E-state index contributed by atoms with van der Waals surface area (Å²) in [6.07, 6.45) is 0. The van der Waals surface area contributed by atoms with Gasteiger partial charge in [0.1, 0.15) is 11.5 Å². The number of halogens is 3. The van der Waals surface area contributed by atoms with Crippen LogP contribution in [0.15, 0.2) is 36.4 Å². The Morgan fingerprint density at radius 1 is 0.833 bits per heavy atom. The molecule has 0 aliphatic rings. The van der Waals surface area contributed by atoms with E-state index in [1.165, 1.54) is 18.2 Å². The van der Waals surface area contributed by atoms with Gasteiger partial charge in [0, 0.05) is 6.07 Å². The zero-order valence-corrected chi connectivity index (χ0v) is 11.8. The van der Waals surface area contributed by atoms with Crippen molar-refractivity contribution in [3.63, 3.8) is 0 Å². The summed E-state index contributed by atoms with van der Waals surface area (Å²) >= 11 is 17.2. The molecule has 0 atom stereocenters. The monoisotopic (exact) mass is 304 g/mol. The fourth-order valence-electron chi connectivity index (χ4n) is 1.12. The van der Waals surface area contributed by atoms with Crippen LogP contribution in [-0.2, 0) is 0 Å². The first-order valence-electron chi connectivity index (χ1n) is 5.00. The van der Waals surface area contributed by atoms with Crippen LogP contribution in [0.2, 0.25) is 15.1 Å². The molecule has 0 aliphatic carbocycles. The number of hydrogen-bond donors (Lipinski definition) is 2. The van der Waals surface area contributed by atoms with E-state index in [2.05, 4.69) is 0 Å². The molecule has 2 aromatic rings. The first-order valence-corrected chi connectivity index (χ1v) is 6.13. The summed E-state index contributed by atoms with van der Waals surface area (Å²) in [6, 6.07) is 9.41. The van der Waals surface area contributed by atoms with Gasteiger partial charge in [-0.1, -0.05) is 46.9 Å². The summed E-state index contributed by atoms with van der Waals surface area (Å²) in [6.45, 7) is 1.88. The van der Waals surface area contributed by atoms with E-state index < -0.39 is 0 Å². The molecule has 0 bridgehead atoms. The molecule has 0 spiro atoms. The van der Waals surface area contributed by atoms with Gasteiger partial charge in [-0.2, -0.15) is 0 Å². The lowest BCUT2D eigenvalue weighted by atomic mass is 10.2. The fraction of sp³-hybridized carbons (Fsp3) is 0.0769. The number of benzene rings is 2. The molecule has 0 radical (unpaired) electrons. The summed E-state index contributed by atoms with van der Waals surface area (Å²) in [5, 5.41) is 18.8. The Labute approximate surface area is 120 Å². The van der Waals surface area contributed by atoms with E-state index >= 15 is 0 Å². The largest absolute Gasteiger partial charge is 0.508 e. The molecule has 5 heteroatoms. The topological polar surface area (TPSA) is 40.5 Å². The summed E-state index contributed by atoms with van der Waals surface area (Å²) in [5.74, 6) is 0.176. The Bertz CT molecular complexity index is 498. The van der Waals surface area contributed by atoms with E-state index in [0.29, 0.717) is 15.1 Å². The van der Waals surface area contributed by atoms with Gasteiger partial charge in [0.15, 0.2) is 0 Å². The third-order valence-electron chi connectivity index (χ3n) is 2.06. The quantitative estimate of drug-likeness (QED) is 0.668. The number of rotatable bonds is 0. The minimum Gasteiger partial charge on any atom is -0.508 e. The molecule has 0 amide bonds. The minimum atomic E-state index is 0.0880. The molecule has 0 aromatic heterocycles. The number of phenols is 2. The second-order valence-corrected chi connectivity index (χ2v) is 4.68. The predicted octanol–water partition coefficient (Wildman–Crippen LogP) is 5.05. The van der Waals surface area contributed by atoms with E-state index in [0.717, 1.165) is 5.56 Å². The van der Waals surface area contributed by atoms with Crippen molar-refractivity contribution in [3.8, 4) is 11.5 Å². The number of hydrogen-bond acceptors (Lipinski definition) is 2. The normalized spacial score (nSPS) is 9.56. The Morgan fingerprint density at radius 3 is 1.78 bits per heavy atom. The van der Waals surface area contributed by atoms with Gasteiger partial charge in [-0.05, 0) is 30.7 Å². The van der Waals surface area contributed by atoms with E-state index in [1.54, 1.807) is 12.1 Å². The zero-order valence-electron chi connectivity index (χ0n) is 9.49. The third kappa shape index (κ3) is 4.30. The molecular weight excluding hydrogens is 294 g/mol. The van der Waals surface area contributed by atoms with Crippen LogP contribution >= 0.6 is 34.8 Å². The van der Waals surface area contributed by atoms with Crippen LogP contribution in [0.25, 0.3) is 0 Å². The summed E-state index contributed by atoms with van der Waals surface area (Å²) in [7, 11) is 0.